The van der Waals surface area contributed by atoms with Crippen molar-refractivity contribution in [1.29, 1.82) is 0 Å². The van der Waals surface area contributed by atoms with Gasteiger partial charge in [0.05, 0.1) is 33.5 Å². The molecule has 1 fully saturated rings. The van der Waals surface area contributed by atoms with Gasteiger partial charge in [0.25, 0.3) is 11.8 Å². The van der Waals surface area contributed by atoms with Crippen molar-refractivity contribution in [3.05, 3.63) is 130 Å². The van der Waals surface area contributed by atoms with E-state index in [4.69, 9.17) is 9.97 Å². The summed E-state index contributed by atoms with van der Waals surface area (Å²) in [4.78, 5) is 38.1. The molecule has 6 aromatic rings. The summed E-state index contributed by atoms with van der Waals surface area (Å²) < 4.78 is 0. The molecule has 0 saturated heterocycles. The summed E-state index contributed by atoms with van der Waals surface area (Å²) in [6.07, 6.45) is 2.52. The molecule has 2 heterocycles. The molecule has 7 rings (SSSR count). The quantitative estimate of drug-likeness (QED) is 0.175. The first-order valence-corrected chi connectivity index (χ1v) is 18.3. The molecule has 2 N–H and O–H groups in total. The molecule has 2 unspecified atom stereocenters. The number of nitrogens with one attached hydrogen (secondary N) is 2. The van der Waals surface area contributed by atoms with Gasteiger partial charge in [0.15, 0.2) is 0 Å². The standard InChI is InChI=1S/C46H48N4O2/c1-28-16-18-32(20-30(28)3)41-22-37(35-12-8-10-14-39(35)49-41)43(51)47-27-46(7)25-34(24-45(5,6)26-46)48-44(52)38-23-42(33-19-17-29(2)31(4)21-33)50-40-15-11-9-13-36(38)40/h8-23,34H,24-27H2,1-7H3,(H,47,51)(H,48,52). The molecule has 0 aliphatic heterocycles. The number of hydrogen-bond donors (Lipinski definition) is 2. The van der Waals surface area contributed by atoms with Gasteiger partial charge in [-0.2, -0.15) is 0 Å². The number of carbonyl (C=O) groups excluding carboxylic acids is 2. The lowest BCUT2D eigenvalue weighted by molar-refractivity contribution is 0.0593. The molecule has 4 aromatic carbocycles. The van der Waals surface area contributed by atoms with Crippen molar-refractivity contribution < 1.29 is 9.59 Å². The number of nitrogens with zero attached hydrogens (tertiary/aromatic N) is 2. The Morgan fingerprint density at radius 3 is 1.65 bits per heavy atom. The van der Waals surface area contributed by atoms with E-state index in [0.717, 1.165) is 63.6 Å². The minimum absolute atomic E-state index is 0.0413. The van der Waals surface area contributed by atoms with Crippen molar-refractivity contribution >= 4 is 33.6 Å². The fourth-order valence-corrected chi connectivity index (χ4v) is 8.35. The lowest BCUT2D eigenvalue weighted by Gasteiger charge is -2.47. The van der Waals surface area contributed by atoms with E-state index in [9.17, 15) is 9.59 Å². The molecule has 6 heteroatoms. The second-order valence-corrected chi connectivity index (χ2v) is 16.2. The Labute approximate surface area is 307 Å². The van der Waals surface area contributed by atoms with Crippen LogP contribution >= 0.6 is 0 Å². The Morgan fingerprint density at radius 2 is 1.13 bits per heavy atom. The van der Waals surface area contributed by atoms with Crippen LogP contribution in [0.15, 0.2) is 97.1 Å². The van der Waals surface area contributed by atoms with Crippen molar-refractivity contribution in [2.75, 3.05) is 6.54 Å². The van der Waals surface area contributed by atoms with Crippen LogP contribution in [0.2, 0.25) is 0 Å². The highest BCUT2D eigenvalue weighted by Crippen LogP contribution is 2.46. The summed E-state index contributed by atoms with van der Waals surface area (Å²) in [7, 11) is 0. The normalized spacial score (nSPS) is 18.3. The van der Waals surface area contributed by atoms with Crippen LogP contribution < -0.4 is 10.6 Å². The van der Waals surface area contributed by atoms with Crippen LogP contribution in [0.4, 0.5) is 0 Å². The first-order chi connectivity index (χ1) is 24.8. The molecule has 6 nitrogen and oxygen atoms in total. The molecule has 52 heavy (non-hydrogen) atoms. The zero-order valence-electron chi connectivity index (χ0n) is 31.4. The number of pyridine rings is 2. The number of hydrogen-bond acceptors (Lipinski definition) is 4. The van der Waals surface area contributed by atoms with Gasteiger partial charge in [-0.1, -0.05) is 81.4 Å². The lowest BCUT2D eigenvalue weighted by Crippen LogP contribution is -2.50. The molecule has 1 aliphatic carbocycles. The second kappa shape index (κ2) is 13.6. The maximum atomic E-state index is 14.2. The maximum Gasteiger partial charge on any atom is 0.252 e. The molecule has 2 atom stereocenters. The number of carbonyl (C=O) groups is 2. The average Bonchev–Trinajstić information content (AvgIpc) is 3.11. The van der Waals surface area contributed by atoms with Crippen molar-refractivity contribution in [2.24, 2.45) is 10.8 Å². The van der Waals surface area contributed by atoms with Crippen LogP contribution in [0.5, 0.6) is 0 Å². The fourth-order valence-electron chi connectivity index (χ4n) is 8.35. The van der Waals surface area contributed by atoms with E-state index in [1.807, 2.05) is 60.7 Å². The minimum atomic E-state index is -0.236. The van der Waals surface area contributed by atoms with Gasteiger partial charge in [0.2, 0.25) is 0 Å². The Hall–Kier alpha value is -5.36. The van der Waals surface area contributed by atoms with E-state index >= 15 is 0 Å². The Balaban J connectivity index is 1.13. The van der Waals surface area contributed by atoms with Gasteiger partial charge in [-0.25, -0.2) is 9.97 Å². The molecular weight excluding hydrogens is 641 g/mol. The van der Waals surface area contributed by atoms with E-state index < -0.39 is 0 Å². The summed E-state index contributed by atoms with van der Waals surface area (Å²) >= 11 is 0. The number of amides is 2. The van der Waals surface area contributed by atoms with Crippen LogP contribution in [0.3, 0.4) is 0 Å². The molecular formula is C46H48N4O2. The third kappa shape index (κ3) is 7.20. The van der Waals surface area contributed by atoms with Gasteiger partial charge in [0.1, 0.15) is 0 Å². The molecule has 2 aromatic heterocycles. The molecule has 2 amide bonds. The van der Waals surface area contributed by atoms with Crippen LogP contribution in [0.25, 0.3) is 44.3 Å². The van der Waals surface area contributed by atoms with E-state index in [2.05, 4.69) is 95.5 Å². The number of aromatic nitrogens is 2. The highest BCUT2D eigenvalue weighted by molar-refractivity contribution is 6.08. The number of benzene rings is 4. The topological polar surface area (TPSA) is 84.0 Å². The Morgan fingerprint density at radius 1 is 0.635 bits per heavy atom. The molecule has 0 bridgehead atoms. The predicted molar refractivity (Wildman–Crippen MR) is 213 cm³/mol. The van der Waals surface area contributed by atoms with Gasteiger partial charge >= 0.3 is 0 Å². The first kappa shape index (κ1) is 35.1. The van der Waals surface area contributed by atoms with Crippen molar-refractivity contribution in [3.63, 3.8) is 0 Å². The third-order valence-electron chi connectivity index (χ3n) is 11.0. The summed E-state index contributed by atoms with van der Waals surface area (Å²) in [5.41, 5.74) is 10.9. The SMILES string of the molecule is Cc1ccc(-c2cc(C(=O)NCC3(C)CC(NC(=O)c4cc(-c5ccc(C)c(C)c5)nc5ccccc45)CC(C)(C)C3)c3ccccc3n2)cc1C. The predicted octanol–water partition coefficient (Wildman–Crippen LogP) is 10.1. The van der Waals surface area contributed by atoms with Crippen LogP contribution in [-0.2, 0) is 0 Å². The summed E-state index contributed by atoms with van der Waals surface area (Å²) in [6, 6.07) is 32.1. The zero-order valence-corrected chi connectivity index (χ0v) is 31.4. The van der Waals surface area contributed by atoms with Crippen LogP contribution in [0.1, 0.15) is 83.0 Å². The molecule has 0 spiro atoms. The Bertz CT molecular complexity index is 2360. The Kier molecular flexibility index (Phi) is 9.20. The van der Waals surface area contributed by atoms with Crippen molar-refractivity contribution in [1.82, 2.24) is 20.6 Å². The van der Waals surface area contributed by atoms with Crippen LogP contribution in [0, 0.1) is 38.5 Å². The highest BCUT2D eigenvalue weighted by Gasteiger charge is 2.42. The van der Waals surface area contributed by atoms with Crippen molar-refractivity contribution in [2.45, 2.75) is 73.8 Å². The largest absolute Gasteiger partial charge is 0.351 e. The van der Waals surface area contributed by atoms with E-state index in [0.29, 0.717) is 17.7 Å². The van der Waals surface area contributed by atoms with Gasteiger partial charge < -0.3 is 10.6 Å². The fraction of sp³-hybridized carbons (Fsp3) is 0.304. The third-order valence-corrected chi connectivity index (χ3v) is 11.0. The van der Waals surface area contributed by atoms with E-state index in [1.54, 1.807) is 0 Å². The molecule has 0 radical (unpaired) electrons. The zero-order chi connectivity index (χ0) is 36.8. The number of fused-ring (bicyclic) bond motifs is 2. The molecule has 264 valence electrons. The van der Waals surface area contributed by atoms with Crippen LogP contribution in [-0.4, -0.2) is 34.4 Å². The summed E-state index contributed by atoms with van der Waals surface area (Å²) in [6.45, 7) is 15.6. The average molecular weight is 689 g/mol. The smallest absolute Gasteiger partial charge is 0.252 e. The van der Waals surface area contributed by atoms with Gasteiger partial charge in [-0.3, -0.25) is 9.59 Å². The second-order valence-electron chi connectivity index (χ2n) is 16.2. The highest BCUT2D eigenvalue weighted by atomic mass is 16.2. The number of rotatable bonds is 7. The minimum Gasteiger partial charge on any atom is -0.351 e. The number of para-hydroxylation sites is 2. The summed E-state index contributed by atoms with van der Waals surface area (Å²) in [5, 5.41) is 8.41. The number of aryl methyl sites for hydroxylation is 4. The monoisotopic (exact) mass is 688 g/mol. The lowest BCUT2D eigenvalue weighted by atomic mass is 9.62. The van der Waals surface area contributed by atoms with Gasteiger partial charge in [-0.05, 0) is 116 Å². The first-order valence-electron chi connectivity index (χ1n) is 18.3. The molecule has 1 aliphatic rings. The van der Waals surface area contributed by atoms with Crippen molar-refractivity contribution in [3.8, 4) is 22.5 Å². The summed E-state index contributed by atoms with van der Waals surface area (Å²) in [5.74, 6) is -0.212. The molecule has 1 saturated carbocycles. The van der Waals surface area contributed by atoms with Gasteiger partial charge in [-0.15, -0.1) is 0 Å². The van der Waals surface area contributed by atoms with E-state index in [1.165, 1.54) is 22.3 Å². The van der Waals surface area contributed by atoms with E-state index in [-0.39, 0.29) is 28.7 Å². The van der Waals surface area contributed by atoms with Gasteiger partial charge in [0, 0.05) is 34.5 Å². The maximum absolute atomic E-state index is 14.2.